The zero-order valence-electron chi connectivity index (χ0n) is 16.3. The quantitative estimate of drug-likeness (QED) is 0.697. The molecule has 1 unspecified atom stereocenters. The predicted molar refractivity (Wildman–Crippen MR) is 110 cm³/mol. The average Bonchev–Trinajstić information content (AvgIpc) is 3.13. The highest BCUT2D eigenvalue weighted by molar-refractivity contribution is 7.89. The minimum Gasteiger partial charge on any atom is -0.351 e. The molecule has 0 bridgehead atoms. The first kappa shape index (κ1) is 19.6. The summed E-state index contributed by atoms with van der Waals surface area (Å²) in [5.74, 6) is -0.489. The first-order chi connectivity index (χ1) is 13.9. The van der Waals surface area contributed by atoms with Crippen molar-refractivity contribution >= 4 is 26.8 Å². The lowest BCUT2D eigenvalue weighted by atomic mass is 9.99. The van der Waals surface area contributed by atoms with Crippen molar-refractivity contribution in [2.24, 2.45) is 13.0 Å². The molecule has 7 nitrogen and oxygen atoms in total. The van der Waals surface area contributed by atoms with Crippen molar-refractivity contribution in [3.05, 3.63) is 60.6 Å². The summed E-state index contributed by atoms with van der Waals surface area (Å²) in [6.45, 7) is 0.968. The molecule has 0 spiro atoms. The second kappa shape index (κ2) is 7.96. The third-order valence-corrected chi connectivity index (χ3v) is 7.28. The molecule has 3 aromatic rings. The molecule has 1 fully saturated rings. The van der Waals surface area contributed by atoms with E-state index in [2.05, 4.69) is 10.3 Å². The van der Waals surface area contributed by atoms with Gasteiger partial charge in [-0.15, -0.1) is 0 Å². The third-order valence-electron chi connectivity index (χ3n) is 5.42. The predicted octanol–water partition coefficient (Wildman–Crippen LogP) is 2.29. The van der Waals surface area contributed by atoms with Crippen molar-refractivity contribution in [2.45, 2.75) is 24.3 Å². The van der Waals surface area contributed by atoms with Gasteiger partial charge in [-0.3, -0.25) is 9.78 Å². The van der Waals surface area contributed by atoms with Gasteiger partial charge in [0.05, 0.1) is 23.1 Å². The Morgan fingerprint density at radius 3 is 2.90 bits per heavy atom. The molecule has 4 rings (SSSR count). The van der Waals surface area contributed by atoms with Gasteiger partial charge in [0, 0.05) is 43.4 Å². The van der Waals surface area contributed by atoms with Crippen LogP contribution < -0.4 is 5.32 Å². The fourth-order valence-electron chi connectivity index (χ4n) is 3.77. The van der Waals surface area contributed by atoms with Crippen molar-refractivity contribution in [3.63, 3.8) is 0 Å². The maximum Gasteiger partial charge on any atom is 0.243 e. The molecule has 0 aliphatic carbocycles. The lowest BCUT2D eigenvalue weighted by Gasteiger charge is -2.31. The summed E-state index contributed by atoms with van der Waals surface area (Å²) in [5.41, 5.74) is 1.76. The molecule has 1 aliphatic heterocycles. The zero-order valence-corrected chi connectivity index (χ0v) is 17.1. The van der Waals surface area contributed by atoms with Crippen molar-refractivity contribution < 1.29 is 13.2 Å². The SMILES string of the molecule is Cn1ccc2cc(S(=O)(=O)N3CCCC(C(=O)NCc4ccccn4)C3)ccc21. The maximum atomic E-state index is 13.2. The summed E-state index contributed by atoms with van der Waals surface area (Å²) >= 11 is 0. The molecule has 1 atom stereocenters. The first-order valence-electron chi connectivity index (χ1n) is 9.68. The van der Waals surface area contributed by atoms with Crippen molar-refractivity contribution in [3.8, 4) is 0 Å². The fourth-order valence-corrected chi connectivity index (χ4v) is 5.33. The van der Waals surface area contributed by atoms with Gasteiger partial charge >= 0.3 is 0 Å². The monoisotopic (exact) mass is 412 g/mol. The number of aromatic nitrogens is 2. The number of fused-ring (bicyclic) bond motifs is 1. The largest absolute Gasteiger partial charge is 0.351 e. The van der Waals surface area contributed by atoms with Gasteiger partial charge in [0.2, 0.25) is 15.9 Å². The van der Waals surface area contributed by atoms with Crippen molar-refractivity contribution in [1.82, 2.24) is 19.2 Å². The van der Waals surface area contributed by atoms with Crippen molar-refractivity contribution in [2.75, 3.05) is 13.1 Å². The fraction of sp³-hybridized carbons (Fsp3) is 0.333. The number of nitrogens with zero attached hydrogens (tertiary/aromatic N) is 3. The number of aryl methyl sites for hydroxylation is 1. The standard InChI is InChI=1S/C21H24N4O3S/c1-24-12-9-16-13-19(7-8-20(16)24)29(27,28)25-11-4-5-17(15-25)21(26)23-14-18-6-2-3-10-22-18/h2-3,6-10,12-13,17H,4-5,11,14-15H2,1H3,(H,23,26). The Bertz CT molecular complexity index is 1130. The van der Waals surface area contributed by atoms with Gasteiger partial charge in [0.15, 0.2) is 0 Å². The molecular weight excluding hydrogens is 388 g/mol. The second-order valence-electron chi connectivity index (χ2n) is 7.39. The molecule has 2 aromatic heterocycles. The molecule has 0 radical (unpaired) electrons. The molecule has 152 valence electrons. The summed E-state index contributed by atoms with van der Waals surface area (Å²) in [6, 6.07) is 12.6. The summed E-state index contributed by atoms with van der Waals surface area (Å²) in [6.07, 6.45) is 4.93. The lowest BCUT2D eigenvalue weighted by Crippen LogP contribution is -2.45. The van der Waals surface area contributed by atoms with E-state index in [9.17, 15) is 13.2 Å². The number of carbonyl (C=O) groups excluding carboxylic acids is 1. The Kier molecular flexibility index (Phi) is 5.38. The summed E-state index contributed by atoms with van der Waals surface area (Å²) in [5, 5.41) is 3.77. The minimum atomic E-state index is -3.65. The number of nitrogens with one attached hydrogen (secondary N) is 1. The molecule has 1 aromatic carbocycles. The Morgan fingerprint density at radius 1 is 1.24 bits per heavy atom. The second-order valence-corrected chi connectivity index (χ2v) is 9.33. The van der Waals surface area contributed by atoms with Crippen LogP contribution in [0.15, 0.2) is 59.8 Å². The normalized spacial score (nSPS) is 18.0. The smallest absolute Gasteiger partial charge is 0.243 e. The number of pyridine rings is 1. The highest BCUT2D eigenvalue weighted by atomic mass is 32.2. The number of piperidine rings is 1. The highest BCUT2D eigenvalue weighted by Crippen LogP contribution is 2.26. The van der Waals surface area contributed by atoms with Crippen LogP contribution in [0.2, 0.25) is 0 Å². The summed E-state index contributed by atoms with van der Waals surface area (Å²) in [4.78, 5) is 17.1. The average molecular weight is 413 g/mol. The van der Waals surface area contributed by atoms with Crippen LogP contribution in [0.4, 0.5) is 0 Å². The topological polar surface area (TPSA) is 84.3 Å². The number of carbonyl (C=O) groups is 1. The van der Waals surface area contributed by atoms with Gasteiger partial charge in [-0.05, 0) is 49.2 Å². The van der Waals surface area contributed by atoms with Crippen LogP contribution in [-0.4, -0.2) is 41.3 Å². The van der Waals surface area contributed by atoms with E-state index in [0.717, 1.165) is 16.6 Å². The van der Waals surface area contributed by atoms with E-state index in [0.29, 0.717) is 25.9 Å². The Morgan fingerprint density at radius 2 is 2.10 bits per heavy atom. The van der Waals surface area contributed by atoms with E-state index in [1.807, 2.05) is 48.1 Å². The molecule has 1 amide bonds. The van der Waals surface area contributed by atoms with Gasteiger partial charge in [0.1, 0.15) is 0 Å². The van der Waals surface area contributed by atoms with Crippen LogP contribution >= 0.6 is 0 Å². The molecule has 1 N–H and O–H groups in total. The van der Waals surface area contributed by atoms with Crippen LogP contribution in [0.25, 0.3) is 10.9 Å². The van der Waals surface area contributed by atoms with Crippen LogP contribution in [0.1, 0.15) is 18.5 Å². The highest BCUT2D eigenvalue weighted by Gasteiger charge is 2.33. The van der Waals surface area contributed by atoms with Crippen molar-refractivity contribution in [1.29, 1.82) is 0 Å². The number of sulfonamides is 1. The molecular formula is C21H24N4O3S. The van der Waals surface area contributed by atoms with Crippen LogP contribution in [0, 0.1) is 5.92 Å². The molecule has 8 heteroatoms. The maximum absolute atomic E-state index is 13.2. The van der Waals surface area contributed by atoms with Gasteiger partial charge in [0.25, 0.3) is 0 Å². The van der Waals surface area contributed by atoms with Crippen LogP contribution in [0.5, 0.6) is 0 Å². The van der Waals surface area contributed by atoms with Gasteiger partial charge in [-0.2, -0.15) is 4.31 Å². The number of rotatable bonds is 5. The van der Waals surface area contributed by atoms with Gasteiger partial charge in [-0.25, -0.2) is 8.42 Å². The van der Waals surface area contributed by atoms with Crippen LogP contribution in [-0.2, 0) is 28.4 Å². The van der Waals surface area contributed by atoms with E-state index in [-0.39, 0.29) is 23.3 Å². The van der Waals surface area contributed by atoms with Gasteiger partial charge in [-0.1, -0.05) is 6.07 Å². The molecule has 29 heavy (non-hydrogen) atoms. The Balaban J connectivity index is 1.46. The molecule has 1 saturated heterocycles. The van der Waals surface area contributed by atoms with E-state index in [4.69, 9.17) is 0 Å². The van der Waals surface area contributed by atoms with E-state index in [1.165, 1.54) is 4.31 Å². The van der Waals surface area contributed by atoms with E-state index < -0.39 is 10.0 Å². The molecule has 3 heterocycles. The Hall–Kier alpha value is -2.71. The van der Waals surface area contributed by atoms with Crippen LogP contribution in [0.3, 0.4) is 0 Å². The van der Waals surface area contributed by atoms with E-state index >= 15 is 0 Å². The minimum absolute atomic E-state index is 0.130. The number of amides is 1. The number of hydrogen-bond donors (Lipinski definition) is 1. The lowest BCUT2D eigenvalue weighted by molar-refractivity contribution is -0.126. The zero-order chi connectivity index (χ0) is 20.4. The Labute approximate surface area is 170 Å². The summed E-state index contributed by atoms with van der Waals surface area (Å²) < 4.78 is 29.7. The third kappa shape index (κ3) is 4.04. The number of benzene rings is 1. The molecule has 0 saturated carbocycles. The first-order valence-corrected chi connectivity index (χ1v) is 11.1. The number of hydrogen-bond acceptors (Lipinski definition) is 4. The summed E-state index contributed by atoms with van der Waals surface area (Å²) in [7, 11) is -1.72. The van der Waals surface area contributed by atoms with Gasteiger partial charge < -0.3 is 9.88 Å². The molecule has 1 aliphatic rings. The van der Waals surface area contributed by atoms with E-state index in [1.54, 1.807) is 18.3 Å².